The molecule has 0 aliphatic heterocycles. The molecule has 2 rings (SSSR count). The second kappa shape index (κ2) is 5.13. The number of nitro benzene ring substituents is 1. The zero-order valence-electron chi connectivity index (χ0n) is 10.6. The standard InChI is InChI=1S/C13H17FN2O3/c14-9-6-10(12(17)11(7-9)16(18)19)13(8-15)4-2-1-3-5-13/h6-7,17H,1-5,8,15H2. The van der Waals surface area contributed by atoms with E-state index in [1.54, 1.807) is 0 Å². The second-order valence-corrected chi connectivity index (χ2v) is 5.12. The van der Waals surface area contributed by atoms with Crippen molar-refractivity contribution in [3.8, 4) is 5.75 Å². The van der Waals surface area contributed by atoms with Crippen molar-refractivity contribution >= 4 is 5.69 Å². The van der Waals surface area contributed by atoms with Crippen molar-refractivity contribution in [3.05, 3.63) is 33.6 Å². The molecule has 0 unspecified atom stereocenters. The highest BCUT2D eigenvalue weighted by Crippen LogP contribution is 2.45. The Bertz CT molecular complexity index is 499. The van der Waals surface area contributed by atoms with Gasteiger partial charge in [-0.15, -0.1) is 0 Å². The van der Waals surface area contributed by atoms with E-state index in [0.717, 1.165) is 38.2 Å². The SMILES string of the molecule is NCC1(c2cc(F)cc([N+](=O)[O-])c2O)CCCCC1. The Morgan fingerprint density at radius 1 is 1.37 bits per heavy atom. The summed E-state index contributed by atoms with van der Waals surface area (Å²) in [4.78, 5) is 10.1. The third kappa shape index (κ3) is 2.40. The zero-order valence-corrected chi connectivity index (χ0v) is 10.6. The molecule has 0 heterocycles. The number of nitrogens with two attached hydrogens (primary N) is 1. The van der Waals surface area contributed by atoms with Crippen LogP contribution in [0, 0.1) is 15.9 Å². The maximum absolute atomic E-state index is 13.6. The first-order valence-electron chi connectivity index (χ1n) is 6.37. The van der Waals surface area contributed by atoms with Crippen molar-refractivity contribution in [2.45, 2.75) is 37.5 Å². The van der Waals surface area contributed by atoms with Gasteiger partial charge >= 0.3 is 5.69 Å². The third-order valence-electron chi connectivity index (χ3n) is 4.02. The lowest BCUT2D eigenvalue weighted by Crippen LogP contribution is -2.37. The number of hydrogen-bond donors (Lipinski definition) is 2. The van der Waals surface area contributed by atoms with E-state index < -0.39 is 27.6 Å². The van der Waals surface area contributed by atoms with Gasteiger partial charge in [-0.25, -0.2) is 4.39 Å². The van der Waals surface area contributed by atoms with Crippen LogP contribution in [0.25, 0.3) is 0 Å². The third-order valence-corrected chi connectivity index (χ3v) is 4.02. The van der Waals surface area contributed by atoms with Gasteiger partial charge in [0.15, 0.2) is 5.75 Å². The maximum atomic E-state index is 13.6. The van der Waals surface area contributed by atoms with Crippen molar-refractivity contribution in [1.29, 1.82) is 0 Å². The van der Waals surface area contributed by atoms with Crippen LogP contribution < -0.4 is 5.73 Å². The molecule has 0 radical (unpaired) electrons. The first-order chi connectivity index (χ1) is 9.00. The largest absolute Gasteiger partial charge is 0.502 e. The summed E-state index contributed by atoms with van der Waals surface area (Å²) in [6, 6.07) is 1.92. The lowest BCUT2D eigenvalue weighted by atomic mass is 9.69. The van der Waals surface area contributed by atoms with Crippen molar-refractivity contribution in [3.63, 3.8) is 0 Å². The van der Waals surface area contributed by atoms with Gasteiger partial charge in [0.05, 0.1) is 11.0 Å². The van der Waals surface area contributed by atoms with E-state index >= 15 is 0 Å². The van der Waals surface area contributed by atoms with Crippen LogP contribution in [-0.4, -0.2) is 16.6 Å². The van der Waals surface area contributed by atoms with E-state index in [2.05, 4.69) is 0 Å². The number of phenolic OH excluding ortho intramolecular Hbond substituents is 1. The highest BCUT2D eigenvalue weighted by molar-refractivity contribution is 5.54. The summed E-state index contributed by atoms with van der Waals surface area (Å²) in [7, 11) is 0. The first-order valence-corrected chi connectivity index (χ1v) is 6.37. The monoisotopic (exact) mass is 268 g/mol. The molecular formula is C13H17FN2O3. The summed E-state index contributed by atoms with van der Waals surface area (Å²) in [5.41, 5.74) is 4.96. The minimum Gasteiger partial charge on any atom is -0.502 e. The molecule has 6 heteroatoms. The fourth-order valence-electron chi connectivity index (χ4n) is 2.94. The number of benzene rings is 1. The van der Waals surface area contributed by atoms with Gasteiger partial charge in [-0.1, -0.05) is 19.3 Å². The molecule has 1 aliphatic carbocycles. The van der Waals surface area contributed by atoms with Gasteiger partial charge in [0.2, 0.25) is 0 Å². The summed E-state index contributed by atoms with van der Waals surface area (Å²) in [5.74, 6) is -1.16. The number of nitro groups is 1. The topological polar surface area (TPSA) is 89.4 Å². The fraction of sp³-hybridized carbons (Fsp3) is 0.538. The number of phenols is 1. The normalized spacial score (nSPS) is 18.2. The average Bonchev–Trinajstić information content (AvgIpc) is 2.41. The second-order valence-electron chi connectivity index (χ2n) is 5.12. The fourth-order valence-corrected chi connectivity index (χ4v) is 2.94. The van der Waals surface area contributed by atoms with E-state index in [9.17, 15) is 19.6 Å². The number of aromatic hydroxyl groups is 1. The Morgan fingerprint density at radius 3 is 2.53 bits per heavy atom. The maximum Gasteiger partial charge on any atom is 0.313 e. The molecule has 19 heavy (non-hydrogen) atoms. The molecule has 0 bridgehead atoms. The molecule has 1 aromatic carbocycles. The van der Waals surface area contributed by atoms with Gasteiger partial charge in [-0.05, 0) is 18.9 Å². The van der Waals surface area contributed by atoms with Crippen LogP contribution in [-0.2, 0) is 5.41 Å². The van der Waals surface area contributed by atoms with E-state index in [-0.39, 0.29) is 12.1 Å². The summed E-state index contributed by atoms with van der Waals surface area (Å²) in [6.07, 6.45) is 4.37. The van der Waals surface area contributed by atoms with Crippen LogP contribution in [0.2, 0.25) is 0 Å². The van der Waals surface area contributed by atoms with Crippen molar-refractivity contribution in [1.82, 2.24) is 0 Å². The Morgan fingerprint density at radius 2 is 2.00 bits per heavy atom. The highest BCUT2D eigenvalue weighted by Gasteiger charge is 2.37. The molecule has 0 atom stereocenters. The predicted octanol–water partition coefficient (Wildman–Crippen LogP) is 2.60. The Labute approximate surface area is 110 Å². The van der Waals surface area contributed by atoms with Gasteiger partial charge < -0.3 is 10.8 Å². The van der Waals surface area contributed by atoms with Gasteiger partial charge in [0, 0.05) is 17.5 Å². The molecule has 1 saturated carbocycles. The minimum absolute atomic E-state index is 0.251. The molecule has 0 spiro atoms. The van der Waals surface area contributed by atoms with E-state index in [1.807, 2.05) is 0 Å². The highest BCUT2D eigenvalue weighted by atomic mass is 19.1. The van der Waals surface area contributed by atoms with Gasteiger partial charge in [0.25, 0.3) is 0 Å². The molecule has 0 aromatic heterocycles. The lowest BCUT2D eigenvalue weighted by Gasteiger charge is -2.36. The summed E-state index contributed by atoms with van der Waals surface area (Å²) >= 11 is 0. The van der Waals surface area contributed by atoms with E-state index in [1.165, 1.54) is 6.07 Å². The van der Waals surface area contributed by atoms with Gasteiger partial charge in [0.1, 0.15) is 5.82 Å². The summed E-state index contributed by atoms with van der Waals surface area (Å²) in [6.45, 7) is 0.251. The molecule has 5 nitrogen and oxygen atoms in total. The van der Waals surface area contributed by atoms with E-state index in [4.69, 9.17) is 5.73 Å². The number of nitrogens with zero attached hydrogens (tertiary/aromatic N) is 1. The lowest BCUT2D eigenvalue weighted by molar-refractivity contribution is -0.386. The van der Waals surface area contributed by atoms with Crippen LogP contribution in [0.15, 0.2) is 12.1 Å². The number of hydrogen-bond acceptors (Lipinski definition) is 4. The summed E-state index contributed by atoms with van der Waals surface area (Å²) < 4.78 is 13.6. The smallest absolute Gasteiger partial charge is 0.313 e. The minimum atomic E-state index is -0.769. The number of rotatable bonds is 3. The van der Waals surface area contributed by atoms with Crippen LogP contribution in [0.3, 0.4) is 0 Å². The first kappa shape index (κ1) is 13.7. The number of halogens is 1. The van der Waals surface area contributed by atoms with Gasteiger partial charge in [-0.2, -0.15) is 0 Å². The van der Waals surface area contributed by atoms with Crippen molar-refractivity contribution in [2.75, 3.05) is 6.54 Å². The molecule has 1 fully saturated rings. The van der Waals surface area contributed by atoms with Crippen molar-refractivity contribution in [2.24, 2.45) is 5.73 Å². The molecular weight excluding hydrogens is 251 g/mol. The Balaban J connectivity index is 2.56. The molecule has 1 aliphatic rings. The van der Waals surface area contributed by atoms with Gasteiger partial charge in [-0.3, -0.25) is 10.1 Å². The molecule has 3 N–H and O–H groups in total. The van der Waals surface area contributed by atoms with E-state index in [0.29, 0.717) is 0 Å². The van der Waals surface area contributed by atoms with Crippen molar-refractivity contribution < 1.29 is 14.4 Å². The van der Waals surface area contributed by atoms with Crippen LogP contribution in [0.4, 0.5) is 10.1 Å². The molecule has 0 saturated heterocycles. The Kier molecular flexibility index (Phi) is 3.71. The zero-order chi connectivity index (χ0) is 14.0. The summed E-state index contributed by atoms with van der Waals surface area (Å²) in [5, 5.41) is 20.9. The molecule has 104 valence electrons. The molecule has 0 amide bonds. The predicted molar refractivity (Wildman–Crippen MR) is 68.5 cm³/mol. The van der Waals surface area contributed by atoms with Crippen LogP contribution >= 0.6 is 0 Å². The van der Waals surface area contributed by atoms with Crippen LogP contribution in [0.1, 0.15) is 37.7 Å². The van der Waals surface area contributed by atoms with Crippen LogP contribution in [0.5, 0.6) is 5.75 Å². The molecule has 1 aromatic rings. The quantitative estimate of drug-likeness (QED) is 0.651. The average molecular weight is 268 g/mol. The Hall–Kier alpha value is -1.69.